The zero-order valence-electron chi connectivity index (χ0n) is 16.8. The Morgan fingerprint density at radius 3 is 2.79 bits per heavy atom. The van der Waals surface area contributed by atoms with Crippen LogP contribution in [0.2, 0.25) is 0 Å². The number of likely N-dealkylation sites (tertiary alicyclic amines) is 1. The number of aliphatic hydroxyl groups excluding tert-OH is 1. The average Bonchev–Trinajstić information content (AvgIpc) is 2.97. The van der Waals surface area contributed by atoms with E-state index in [9.17, 15) is 19.5 Å². The lowest BCUT2D eigenvalue weighted by Crippen LogP contribution is -2.57. The molecule has 2 amide bonds. The van der Waals surface area contributed by atoms with Crippen LogP contribution in [0.5, 0.6) is 0 Å². The lowest BCUT2D eigenvalue weighted by Gasteiger charge is -2.37. The van der Waals surface area contributed by atoms with Crippen LogP contribution in [0.3, 0.4) is 0 Å². The van der Waals surface area contributed by atoms with Crippen molar-refractivity contribution in [1.82, 2.24) is 9.80 Å². The Morgan fingerprint density at radius 2 is 2.07 bits per heavy atom. The number of cyclic esters (lactones) is 1. The van der Waals surface area contributed by atoms with E-state index >= 15 is 0 Å². The fourth-order valence-electron chi connectivity index (χ4n) is 5.30. The summed E-state index contributed by atoms with van der Waals surface area (Å²) in [5, 5.41) is 9.56. The Kier molecular flexibility index (Phi) is 5.25. The number of aliphatic hydroxyl groups is 1. The Labute approximate surface area is 170 Å². The Morgan fingerprint density at radius 1 is 1.28 bits per heavy atom. The van der Waals surface area contributed by atoms with Gasteiger partial charge in [0.2, 0.25) is 11.8 Å². The van der Waals surface area contributed by atoms with Crippen molar-refractivity contribution >= 4 is 17.8 Å². The summed E-state index contributed by atoms with van der Waals surface area (Å²) >= 11 is 0. The molecule has 2 saturated heterocycles. The molecule has 0 aromatic rings. The standard InChI is InChI=1S/C21H28N2O6/c1-3-6-13(2)22-9-5-8-21-16(15-14(29-21)7-4-12-28-20(15)27)18(25)23(10-11-24)17(21)19(22)26/h4-5,7-8,13-17,24H,3,6,9-12H2,1-2H3/t13?,14-,15+,16+,17?,21+/m1/s1. The first kappa shape index (κ1) is 20.1. The molecule has 158 valence electrons. The van der Waals surface area contributed by atoms with Crippen LogP contribution in [-0.2, 0) is 23.9 Å². The number of hydrogen-bond donors (Lipinski definition) is 1. The number of carbonyl (C=O) groups excluding carboxylic acids is 3. The second-order valence-electron chi connectivity index (χ2n) is 8.19. The second-order valence-corrected chi connectivity index (χ2v) is 8.19. The number of rotatable bonds is 5. The van der Waals surface area contributed by atoms with Crippen molar-refractivity contribution in [2.75, 3.05) is 26.3 Å². The van der Waals surface area contributed by atoms with E-state index in [4.69, 9.17) is 9.47 Å². The van der Waals surface area contributed by atoms with Crippen molar-refractivity contribution in [2.24, 2.45) is 11.8 Å². The largest absolute Gasteiger partial charge is 0.461 e. The molecular weight excluding hydrogens is 376 g/mol. The fourth-order valence-corrected chi connectivity index (χ4v) is 5.30. The highest BCUT2D eigenvalue weighted by Crippen LogP contribution is 2.53. The molecule has 0 bridgehead atoms. The highest BCUT2D eigenvalue weighted by molar-refractivity contribution is 5.99. The molecule has 29 heavy (non-hydrogen) atoms. The molecule has 4 aliphatic rings. The Bertz CT molecular complexity index is 764. The number of hydrogen-bond acceptors (Lipinski definition) is 6. The zero-order chi connectivity index (χ0) is 20.8. The van der Waals surface area contributed by atoms with Gasteiger partial charge in [0.1, 0.15) is 24.2 Å². The molecule has 4 heterocycles. The van der Waals surface area contributed by atoms with E-state index < -0.39 is 35.6 Å². The molecule has 4 aliphatic heterocycles. The van der Waals surface area contributed by atoms with Gasteiger partial charge in [-0.1, -0.05) is 31.6 Å². The van der Waals surface area contributed by atoms with E-state index in [0.717, 1.165) is 12.8 Å². The Balaban J connectivity index is 1.79. The first-order valence-electron chi connectivity index (χ1n) is 10.4. The molecule has 1 spiro atoms. The zero-order valence-corrected chi connectivity index (χ0v) is 16.8. The minimum Gasteiger partial charge on any atom is -0.461 e. The number of carbonyl (C=O) groups is 3. The van der Waals surface area contributed by atoms with Gasteiger partial charge in [-0.25, -0.2) is 0 Å². The van der Waals surface area contributed by atoms with E-state index in [0.29, 0.717) is 6.54 Å². The van der Waals surface area contributed by atoms with E-state index in [1.54, 1.807) is 23.1 Å². The fraction of sp³-hybridized carbons (Fsp3) is 0.667. The molecule has 0 aromatic heterocycles. The van der Waals surface area contributed by atoms with Crippen LogP contribution in [0, 0.1) is 11.8 Å². The summed E-state index contributed by atoms with van der Waals surface area (Å²) in [5.41, 5.74) is -1.24. The quantitative estimate of drug-likeness (QED) is 0.522. The summed E-state index contributed by atoms with van der Waals surface area (Å²) in [5.74, 6) is -2.67. The van der Waals surface area contributed by atoms with Crippen LogP contribution in [0.15, 0.2) is 24.3 Å². The number of fused-ring (bicyclic) bond motifs is 2. The summed E-state index contributed by atoms with van der Waals surface area (Å²) in [6.07, 6.45) is 8.29. The highest BCUT2D eigenvalue weighted by Gasteiger charge is 2.71. The number of amides is 2. The van der Waals surface area contributed by atoms with E-state index in [1.807, 2.05) is 13.0 Å². The maximum absolute atomic E-state index is 13.7. The monoisotopic (exact) mass is 404 g/mol. The molecule has 0 aromatic carbocycles. The number of esters is 1. The maximum atomic E-state index is 13.7. The van der Waals surface area contributed by atoms with Crippen LogP contribution in [0.4, 0.5) is 0 Å². The average molecular weight is 404 g/mol. The lowest BCUT2D eigenvalue weighted by molar-refractivity contribution is -0.153. The van der Waals surface area contributed by atoms with E-state index in [1.165, 1.54) is 4.90 Å². The van der Waals surface area contributed by atoms with Crippen LogP contribution in [0.1, 0.15) is 26.7 Å². The van der Waals surface area contributed by atoms with Gasteiger partial charge in [-0.15, -0.1) is 0 Å². The normalized spacial score (nSPS) is 37.0. The minimum absolute atomic E-state index is 0.00849. The van der Waals surface area contributed by atoms with Gasteiger partial charge < -0.3 is 24.4 Å². The summed E-state index contributed by atoms with van der Waals surface area (Å²) in [4.78, 5) is 42.9. The molecule has 6 atom stereocenters. The SMILES string of the molecule is CCCC(C)N1CC=C[C@]23O[C@@H]4C=CCOC(=O)[C@@H]4[C@H]2C(=O)N(CCO)C3C1=O. The molecule has 0 radical (unpaired) electrons. The van der Waals surface area contributed by atoms with Gasteiger partial charge in [-0.2, -0.15) is 0 Å². The van der Waals surface area contributed by atoms with Gasteiger partial charge in [-0.05, 0) is 19.4 Å². The number of nitrogens with zero attached hydrogens (tertiary/aromatic N) is 2. The molecular formula is C21H28N2O6. The third kappa shape index (κ3) is 2.92. The molecule has 8 nitrogen and oxygen atoms in total. The lowest BCUT2D eigenvalue weighted by atomic mass is 9.78. The van der Waals surface area contributed by atoms with Crippen molar-refractivity contribution in [3.05, 3.63) is 24.3 Å². The maximum Gasteiger partial charge on any atom is 0.313 e. The third-order valence-electron chi connectivity index (χ3n) is 6.52. The summed E-state index contributed by atoms with van der Waals surface area (Å²) < 4.78 is 11.6. The third-order valence-corrected chi connectivity index (χ3v) is 6.52. The van der Waals surface area contributed by atoms with Crippen molar-refractivity contribution in [3.8, 4) is 0 Å². The smallest absolute Gasteiger partial charge is 0.313 e. The van der Waals surface area contributed by atoms with E-state index in [-0.39, 0.29) is 37.6 Å². The topological polar surface area (TPSA) is 96.4 Å². The van der Waals surface area contributed by atoms with Crippen LogP contribution < -0.4 is 0 Å². The van der Waals surface area contributed by atoms with Crippen LogP contribution >= 0.6 is 0 Å². The van der Waals surface area contributed by atoms with Crippen LogP contribution in [-0.4, -0.2) is 82.8 Å². The molecule has 4 rings (SSSR count). The van der Waals surface area contributed by atoms with Crippen LogP contribution in [0.25, 0.3) is 0 Å². The molecule has 8 heteroatoms. The van der Waals surface area contributed by atoms with Gasteiger partial charge in [0.05, 0.1) is 18.6 Å². The molecule has 0 aliphatic carbocycles. The number of β-amino-alcohol motifs (C(OH)–C–C–N with tert-alkyl or cyclic N) is 1. The van der Waals surface area contributed by atoms with Crippen molar-refractivity contribution < 1.29 is 29.0 Å². The highest BCUT2D eigenvalue weighted by atomic mass is 16.6. The minimum atomic E-state index is -1.24. The van der Waals surface area contributed by atoms with Gasteiger partial charge in [0.25, 0.3) is 0 Å². The summed E-state index contributed by atoms with van der Waals surface area (Å²) in [6.45, 7) is 4.37. The Hall–Kier alpha value is -2.19. The van der Waals surface area contributed by atoms with Crippen molar-refractivity contribution in [3.63, 3.8) is 0 Å². The van der Waals surface area contributed by atoms with Gasteiger partial charge >= 0.3 is 5.97 Å². The first-order valence-corrected chi connectivity index (χ1v) is 10.4. The van der Waals surface area contributed by atoms with Crippen molar-refractivity contribution in [2.45, 2.75) is 50.5 Å². The predicted octanol–water partition coefficient (Wildman–Crippen LogP) is 0.260. The molecule has 1 N–H and O–H groups in total. The van der Waals surface area contributed by atoms with Crippen molar-refractivity contribution in [1.29, 1.82) is 0 Å². The molecule has 2 unspecified atom stereocenters. The molecule has 0 saturated carbocycles. The molecule has 2 fully saturated rings. The summed E-state index contributed by atoms with van der Waals surface area (Å²) in [6, 6.07) is -0.896. The summed E-state index contributed by atoms with van der Waals surface area (Å²) in [7, 11) is 0. The van der Waals surface area contributed by atoms with Gasteiger partial charge in [0.15, 0.2) is 0 Å². The second kappa shape index (κ2) is 7.57. The first-order chi connectivity index (χ1) is 14.0. The van der Waals surface area contributed by atoms with E-state index in [2.05, 4.69) is 6.92 Å². The van der Waals surface area contributed by atoms with Gasteiger partial charge in [-0.3, -0.25) is 14.4 Å². The predicted molar refractivity (Wildman–Crippen MR) is 102 cm³/mol. The number of ether oxygens (including phenoxy) is 2. The van der Waals surface area contributed by atoms with Gasteiger partial charge in [0, 0.05) is 19.1 Å².